The van der Waals surface area contributed by atoms with Gasteiger partial charge in [-0.3, -0.25) is 11.5 Å². The summed E-state index contributed by atoms with van der Waals surface area (Å²) in [5.74, 6) is -56.7. The summed E-state index contributed by atoms with van der Waals surface area (Å²) in [5.41, 5.74) is 7.43. The van der Waals surface area contributed by atoms with Crippen LogP contribution in [0.3, 0.4) is 0 Å². The van der Waals surface area contributed by atoms with Gasteiger partial charge in [0.05, 0.1) is 12.1 Å². The van der Waals surface area contributed by atoms with E-state index in [4.69, 9.17) is 32.4 Å². The molecule has 4 rings (SSSR count). The molecule has 2 aliphatic carbocycles. The number of allylic oxidation sites excluding steroid dienone is 4. The first-order valence-electron chi connectivity index (χ1n) is 19.0. The van der Waals surface area contributed by atoms with Gasteiger partial charge in [0.1, 0.15) is 23.0 Å². The fraction of sp³-hybridized carbons (Fsp3) is 0.385. The summed E-state index contributed by atoms with van der Waals surface area (Å²) in [5, 5.41) is 0. The molecule has 4 unspecified atom stereocenters. The summed E-state index contributed by atoms with van der Waals surface area (Å²) in [4.78, 5) is 0. The lowest BCUT2D eigenvalue weighted by Gasteiger charge is -2.38. The second kappa shape index (κ2) is 19.2. The molecule has 0 fully saturated rings. The molecule has 8 N–H and O–H groups in total. The average molecular weight is 1140 g/mol. The van der Waals surface area contributed by atoms with Crippen molar-refractivity contribution >= 4 is 0 Å². The van der Waals surface area contributed by atoms with Gasteiger partial charge in [-0.15, -0.1) is 0 Å². The molecule has 2 aromatic rings. The van der Waals surface area contributed by atoms with E-state index in [1.165, 1.54) is 0 Å². The van der Waals surface area contributed by atoms with Crippen LogP contribution in [0.4, 0.5) is 123 Å². The predicted molar refractivity (Wildman–Crippen MR) is 194 cm³/mol. The van der Waals surface area contributed by atoms with Crippen LogP contribution >= 0.6 is 0 Å². The number of rotatable bonds is 16. The molecule has 0 aromatic heterocycles. The van der Waals surface area contributed by atoms with Crippen LogP contribution in [0.25, 0.3) is 0 Å². The highest BCUT2D eigenvalue weighted by molar-refractivity contribution is 5.48. The van der Waals surface area contributed by atoms with Gasteiger partial charge in [-0.05, 0) is 71.8 Å². The molecule has 8 nitrogen and oxygen atoms in total. The van der Waals surface area contributed by atoms with Crippen molar-refractivity contribution in [3.63, 3.8) is 0 Å². The number of hydrogen-bond donors (Lipinski definition) is 4. The SMILES string of the molecule is NC1C=C(Oc2ccc(C(c3ccc(OC4=CC(N)C(N)(OC(F)=C(F)C(F)(F)C(F)(F)C(F)(F)C(F)(F)F)C=C4)cc3)(C(F)(F)F)C(F)(F)F)cc2)C=CC1(N)OC(F)=C(F)C(F)(F)C(F)(F)C(F)(F)C(F)(F)F. The molecule has 4 atom stereocenters. The topological polar surface area (TPSA) is 141 Å². The van der Waals surface area contributed by atoms with E-state index >= 15 is 0 Å². The smallest absolute Gasteiger partial charge is 0.458 e. The van der Waals surface area contributed by atoms with Crippen molar-refractivity contribution in [2.45, 2.75) is 89.2 Å². The van der Waals surface area contributed by atoms with Gasteiger partial charge in [0.15, 0.2) is 11.4 Å². The van der Waals surface area contributed by atoms with Crippen LogP contribution in [-0.4, -0.2) is 83.8 Å². The normalized spacial score (nSPS) is 22.7. The third-order valence-electron chi connectivity index (χ3n) is 10.4. The Hall–Kier alpha value is -6.04. The van der Waals surface area contributed by atoms with Crippen molar-refractivity contribution in [3.05, 3.63) is 131 Å². The van der Waals surface area contributed by atoms with E-state index in [1.54, 1.807) is 0 Å². The summed E-state index contributed by atoms with van der Waals surface area (Å²) >= 11 is 0. The predicted octanol–water partition coefficient (Wildman–Crippen LogP) is 11.9. The highest BCUT2D eigenvalue weighted by Crippen LogP contribution is 2.59. The molecule has 420 valence electrons. The molecule has 0 radical (unpaired) electrons. The van der Waals surface area contributed by atoms with Crippen LogP contribution in [0.15, 0.2) is 120 Å². The molecule has 0 saturated heterocycles. The fourth-order valence-corrected chi connectivity index (χ4v) is 6.19. The van der Waals surface area contributed by atoms with Crippen LogP contribution < -0.4 is 32.4 Å². The van der Waals surface area contributed by atoms with E-state index in [1.807, 2.05) is 0 Å². The second-order valence-corrected chi connectivity index (χ2v) is 15.4. The molecule has 2 aromatic carbocycles. The summed E-state index contributed by atoms with van der Waals surface area (Å²) in [6.45, 7) is 0. The molecule has 0 saturated carbocycles. The van der Waals surface area contributed by atoms with Crippen LogP contribution in [0.1, 0.15) is 11.1 Å². The number of alkyl halides is 24. The third-order valence-corrected chi connectivity index (χ3v) is 10.4. The summed E-state index contributed by atoms with van der Waals surface area (Å²) in [6, 6.07) is -9.08. The van der Waals surface area contributed by atoms with Gasteiger partial charge in [-0.2, -0.15) is 123 Å². The molecule has 75 heavy (non-hydrogen) atoms. The minimum atomic E-state index is -7.70. The zero-order valence-corrected chi connectivity index (χ0v) is 35.3. The monoisotopic (exact) mass is 1140 g/mol. The van der Waals surface area contributed by atoms with E-state index in [9.17, 15) is 123 Å². The Kier molecular flexibility index (Phi) is 15.7. The Balaban J connectivity index is 1.56. The van der Waals surface area contributed by atoms with Crippen molar-refractivity contribution in [1.29, 1.82) is 0 Å². The Labute approximate surface area is 397 Å². The lowest BCUT2D eigenvalue weighted by molar-refractivity contribution is -0.392. The molecule has 0 spiro atoms. The molecular weight excluding hydrogens is 1120 g/mol. The molecule has 0 heterocycles. The second-order valence-electron chi connectivity index (χ2n) is 15.4. The van der Waals surface area contributed by atoms with Gasteiger partial charge in [-0.1, -0.05) is 24.3 Å². The Bertz CT molecular complexity index is 2450. The Morgan fingerprint density at radius 3 is 0.893 bits per heavy atom. The standard InChI is InChI=1S/C39H24F28N4O4/c40-23(30(44,45)32(48,49)34(52,53)38(62,63)64)25(42)74-27(70)11-9-19(13-21(27)68)72-17-5-1-15(2-6-17)29(36(56,57)58,37(59,60)61)16-3-7-18(8-4-16)73-20-10-12-28(71,22(69)14-20)75-26(43)24(41)31(46,47)33(50,51)35(54,55)39(65,66)67/h1-14,21-22H,68-71H2. The number of nitrogens with two attached hydrogens (primary N) is 4. The minimum Gasteiger partial charge on any atom is -0.458 e. The highest BCUT2D eigenvalue weighted by atomic mass is 19.4. The van der Waals surface area contributed by atoms with E-state index in [-0.39, 0.29) is 36.4 Å². The van der Waals surface area contributed by atoms with Gasteiger partial charge < -0.3 is 30.4 Å². The van der Waals surface area contributed by atoms with E-state index in [0.29, 0.717) is 48.6 Å². The zero-order valence-electron chi connectivity index (χ0n) is 35.3. The first kappa shape index (κ1) is 61.5. The van der Waals surface area contributed by atoms with Crippen molar-refractivity contribution in [2.24, 2.45) is 22.9 Å². The van der Waals surface area contributed by atoms with E-state index < -0.39 is 147 Å². The lowest BCUT2D eigenvalue weighted by Crippen LogP contribution is -2.61. The molecule has 36 heteroatoms. The van der Waals surface area contributed by atoms with Gasteiger partial charge in [0.25, 0.3) is 0 Å². The number of ether oxygens (including phenoxy) is 4. The summed E-state index contributed by atoms with van der Waals surface area (Å²) < 4.78 is 401. The Morgan fingerprint density at radius 2 is 0.667 bits per heavy atom. The molecular formula is C39H24F28N4O4. The van der Waals surface area contributed by atoms with Gasteiger partial charge in [-0.25, -0.2) is 0 Å². The molecule has 2 aliphatic rings. The van der Waals surface area contributed by atoms with E-state index in [2.05, 4.69) is 9.47 Å². The minimum absolute atomic E-state index is 0.194. The van der Waals surface area contributed by atoms with Gasteiger partial charge in [0, 0.05) is 0 Å². The maximum atomic E-state index is 14.8. The third kappa shape index (κ3) is 10.5. The summed E-state index contributed by atoms with van der Waals surface area (Å²) in [6.07, 6.45) is -25.1. The maximum Gasteiger partial charge on any atom is 0.460 e. The molecule has 0 aliphatic heterocycles. The highest BCUT2D eigenvalue weighted by Gasteiger charge is 2.85. The van der Waals surface area contributed by atoms with Crippen LogP contribution in [0.2, 0.25) is 0 Å². The van der Waals surface area contributed by atoms with Crippen LogP contribution in [-0.2, 0) is 14.9 Å². The largest absolute Gasteiger partial charge is 0.460 e. The van der Waals surface area contributed by atoms with Crippen LogP contribution in [0.5, 0.6) is 11.5 Å². The Morgan fingerprint density at radius 1 is 0.400 bits per heavy atom. The summed E-state index contributed by atoms with van der Waals surface area (Å²) in [7, 11) is 0. The number of halogens is 28. The van der Waals surface area contributed by atoms with Gasteiger partial charge >= 0.3 is 72.3 Å². The lowest BCUT2D eigenvalue weighted by atomic mass is 9.73. The number of hydrogen-bond acceptors (Lipinski definition) is 8. The van der Waals surface area contributed by atoms with Crippen molar-refractivity contribution < 1.29 is 142 Å². The number of benzene rings is 2. The fourth-order valence-electron chi connectivity index (χ4n) is 6.19. The van der Waals surface area contributed by atoms with Crippen LogP contribution in [0, 0.1) is 0 Å². The van der Waals surface area contributed by atoms with Crippen molar-refractivity contribution in [2.75, 3.05) is 0 Å². The van der Waals surface area contributed by atoms with Crippen molar-refractivity contribution in [1.82, 2.24) is 0 Å². The maximum absolute atomic E-state index is 14.8. The molecule has 0 bridgehead atoms. The van der Waals surface area contributed by atoms with Gasteiger partial charge in [0.2, 0.25) is 17.1 Å². The van der Waals surface area contributed by atoms with Crippen molar-refractivity contribution in [3.8, 4) is 11.5 Å². The van der Waals surface area contributed by atoms with E-state index in [0.717, 1.165) is 0 Å². The zero-order chi connectivity index (χ0) is 58.2. The molecule has 0 amide bonds. The first-order valence-corrected chi connectivity index (χ1v) is 19.0. The average Bonchev–Trinajstić information content (AvgIpc) is 3.25. The first-order chi connectivity index (χ1) is 33.4. The quantitative estimate of drug-likeness (QED) is 0.0740.